The van der Waals surface area contributed by atoms with E-state index in [1.165, 1.54) is 17.6 Å². The van der Waals surface area contributed by atoms with E-state index in [-0.39, 0.29) is 5.76 Å². The number of carbonyl (C=O) groups excluding carboxylic acids is 1. The molecular formula is C17H18N2O4S. The summed E-state index contributed by atoms with van der Waals surface area (Å²) in [6.07, 6.45) is 3.08. The second kappa shape index (κ2) is 7.35. The minimum absolute atomic E-state index is 0.124. The molecule has 2 heterocycles. The predicted molar refractivity (Wildman–Crippen MR) is 91.7 cm³/mol. The van der Waals surface area contributed by atoms with Crippen molar-refractivity contribution < 1.29 is 19.0 Å². The van der Waals surface area contributed by atoms with E-state index in [1.54, 1.807) is 6.08 Å². The molecular weight excluding hydrogens is 328 g/mol. The lowest BCUT2D eigenvalue weighted by Crippen LogP contribution is -2.19. The predicted octanol–water partition coefficient (Wildman–Crippen LogP) is 2.60. The Morgan fingerprint density at radius 3 is 3.08 bits per heavy atom. The summed E-state index contributed by atoms with van der Waals surface area (Å²) in [6.45, 7) is 7.66. The van der Waals surface area contributed by atoms with Crippen LogP contribution in [0.1, 0.15) is 6.92 Å². The van der Waals surface area contributed by atoms with E-state index < -0.39 is 5.91 Å². The molecule has 3 rings (SSSR count). The highest BCUT2D eigenvalue weighted by Crippen LogP contribution is 2.23. The average molecular weight is 346 g/mol. The first-order valence-corrected chi connectivity index (χ1v) is 8.45. The third-order valence-electron chi connectivity index (χ3n) is 3.33. The highest BCUT2D eigenvalue weighted by atomic mass is 32.1. The van der Waals surface area contributed by atoms with Crippen LogP contribution in [0, 0.1) is 0 Å². The van der Waals surface area contributed by atoms with Crippen LogP contribution in [0.3, 0.4) is 0 Å². The van der Waals surface area contributed by atoms with Gasteiger partial charge in [-0.1, -0.05) is 17.4 Å². The maximum Gasteiger partial charge on any atom is 0.317 e. The lowest BCUT2D eigenvalue weighted by molar-refractivity contribution is -0.119. The fourth-order valence-corrected chi connectivity index (χ4v) is 3.39. The Bertz CT molecular complexity index is 863. The maximum atomic E-state index is 12.3. The Morgan fingerprint density at radius 2 is 2.38 bits per heavy atom. The molecule has 1 aliphatic rings. The van der Waals surface area contributed by atoms with E-state index in [9.17, 15) is 4.79 Å². The number of carbonyl (C=O) groups is 1. The number of amides is 1. The second-order valence-electron chi connectivity index (χ2n) is 4.96. The van der Waals surface area contributed by atoms with Gasteiger partial charge in [-0.15, -0.1) is 6.58 Å². The number of hydrogen-bond acceptors (Lipinski definition) is 5. The van der Waals surface area contributed by atoms with Gasteiger partial charge in [0.05, 0.1) is 16.8 Å². The highest BCUT2D eigenvalue weighted by Gasteiger charge is 2.15. The number of benzene rings is 1. The molecule has 0 saturated heterocycles. The Morgan fingerprint density at radius 1 is 1.50 bits per heavy atom. The van der Waals surface area contributed by atoms with Gasteiger partial charge in [0.2, 0.25) is 5.76 Å². The molecule has 0 atom stereocenters. The van der Waals surface area contributed by atoms with Crippen molar-refractivity contribution in [3.8, 4) is 5.75 Å². The molecule has 0 saturated carbocycles. The van der Waals surface area contributed by atoms with Crippen LogP contribution in [0.2, 0.25) is 0 Å². The zero-order valence-corrected chi connectivity index (χ0v) is 14.2. The summed E-state index contributed by atoms with van der Waals surface area (Å²) >= 11 is 1.42. The van der Waals surface area contributed by atoms with Crippen molar-refractivity contribution in [1.29, 1.82) is 0 Å². The molecule has 126 valence electrons. The van der Waals surface area contributed by atoms with Gasteiger partial charge in [0.1, 0.15) is 25.2 Å². The standard InChI is InChI=1S/C17H18N2O4S/c1-3-7-19-13-6-5-12(22-4-2)10-15(13)24-17(19)18-16(20)14-11-21-8-9-23-14/h3,5-6,10-11H,1,4,7-9H2,2H3. The lowest BCUT2D eigenvalue weighted by atomic mass is 10.3. The number of nitrogens with zero attached hydrogens (tertiary/aromatic N) is 2. The molecule has 1 amide bonds. The topological polar surface area (TPSA) is 62.1 Å². The van der Waals surface area contributed by atoms with Gasteiger partial charge < -0.3 is 18.8 Å². The number of allylic oxidation sites excluding steroid dienone is 1. The molecule has 0 spiro atoms. The van der Waals surface area contributed by atoms with Crippen molar-refractivity contribution in [2.24, 2.45) is 4.99 Å². The summed E-state index contributed by atoms with van der Waals surface area (Å²) in [4.78, 5) is 17.0. The number of ether oxygens (including phenoxy) is 3. The molecule has 0 bridgehead atoms. The van der Waals surface area contributed by atoms with Crippen molar-refractivity contribution in [2.75, 3.05) is 19.8 Å². The first-order valence-electron chi connectivity index (χ1n) is 7.63. The first-order chi connectivity index (χ1) is 11.7. The molecule has 7 heteroatoms. The van der Waals surface area contributed by atoms with Gasteiger partial charge in [-0.25, -0.2) is 0 Å². The van der Waals surface area contributed by atoms with Crippen molar-refractivity contribution in [2.45, 2.75) is 13.5 Å². The van der Waals surface area contributed by atoms with Crippen LogP contribution < -0.4 is 9.54 Å². The molecule has 0 N–H and O–H groups in total. The smallest absolute Gasteiger partial charge is 0.317 e. The summed E-state index contributed by atoms with van der Waals surface area (Å²) in [5, 5.41) is 0. The van der Waals surface area contributed by atoms with Gasteiger partial charge in [-0.2, -0.15) is 4.99 Å². The third kappa shape index (κ3) is 3.35. The van der Waals surface area contributed by atoms with Crippen LogP contribution in [0.15, 0.2) is 47.9 Å². The summed E-state index contributed by atoms with van der Waals surface area (Å²) in [5.74, 6) is 0.463. The Labute approximate surface area is 143 Å². The number of aromatic nitrogens is 1. The van der Waals surface area contributed by atoms with Crippen molar-refractivity contribution in [3.05, 3.63) is 47.7 Å². The molecule has 24 heavy (non-hydrogen) atoms. The quantitative estimate of drug-likeness (QED) is 0.781. The molecule has 1 aromatic heterocycles. The molecule has 0 fully saturated rings. The molecule has 1 aliphatic heterocycles. The molecule has 6 nitrogen and oxygen atoms in total. The SMILES string of the molecule is C=CCn1c(=NC(=O)C2=COCCO2)sc2cc(OCC)ccc21. The highest BCUT2D eigenvalue weighted by molar-refractivity contribution is 7.16. The molecule has 0 aliphatic carbocycles. The summed E-state index contributed by atoms with van der Waals surface area (Å²) in [6, 6.07) is 5.82. The molecule has 0 unspecified atom stereocenters. The van der Waals surface area contributed by atoms with E-state index >= 15 is 0 Å². The van der Waals surface area contributed by atoms with Crippen molar-refractivity contribution in [3.63, 3.8) is 0 Å². The number of rotatable bonds is 5. The second-order valence-corrected chi connectivity index (χ2v) is 5.97. The van der Waals surface area contributed by atoms with Gasteiger partial charge >= 0.3 is 5.91 Å². The summed E-state index contributed by atoms with van der Waals surface area (Å²) in [5.41, 5.74) is 0.977. The van der Waals surface area contributed by atoms with Crippen LogP contribution in [0.5, 0.6) is 5.75 Å². The normalized spacial score (nSPS) is 14.7. The fraction of sp³-hybridized carbons (Fsp3) is 0.294. The summed E-state index contributed by atoms with van der Waals surface area (Å²) in [7, 11) is 0. The zero-order valence-electron chi connectivity index (χ0n) is 13.4. The summed E-state index contributed by atoms with van der Waals surface area (Å²) < 4.78 is 18.9. The van der Waals surface area contributed by atoms with Crippen LogP contribution in [0.25, 0.3) is 10.2 Å². The van der Waals surface area contributed by atoms with E-state index in [1.807, 2.05) is 29.7 Å². The average Bonchev–Trinajstić information content (AvgIpc) is 2.93. The van der Waals surface area contributed by atoms with E-state index in [2.05, 4.69) is 11.6 Å². The first kappa shape index (κ1) is 16.3. The Hall–Kier alpha value is -2.54. The monoisotopic (exact) mass is 346 g/mol. The number of fused-ring (bicyclic) bond motifs is 1. The largest absolute Gasteiger partial charge is 0.494 e. The van der Waals surface area contributed by atoms with Crippen LogP contribution >= 0.6 is 11.3 Å². The number of hydrogen-bond donors (Lipinski definition) is 0. The van der Waals surface area contributed by atoms with Gasteiger partial charge in [0, 0.05) is 6.54 Å². The molecule has 0 radical (unpaired) electrons. The third-order valence-corrected chi connectivity index (χ3v) is 4.38. The fourth-order valence-electron chi connectivity index (χ4n) is 2.32. The van der Waals surface area contributed by atoms with Crippen LogP contribution in [-0.4, -0.2) is 30.3 Å². The van der Waals surface area contributed by atoms with Gasteiger partial charge in [-0.3, -0.25) is 4.79 Å². The van der Waals surface area contributed by atoms with Gasteiger partial charge in [0.25, 0.3) is 0 Å². The molecule has 2 aromatic rings. The Kier molecular flexibility index (Phi) is 5.00. The van der Waals surface area contributed by atoms with Crippen molar-refractivity contribution >= 4 is 27.5 Å². The zero-order chi connectivity index (χ0) is 16.9. The van der Waals surface area contributed by atoms with E-state index in [0.717, 1.165) is 16.0 Å². The minimum atomic E-state index is -0.455. The Balaban J connectivity index is 2.06. The molecule has 1 aromatic carbocycles. The number of thiazole rings is 1. The maximum absolute atomic E-state index is 12.3. The van der Waals surface area contributed by atoms with E-state index in [4.69, 9.17) is 14.2 Å². The van der Waals surface area contributed by atoms with Crippen molar-refractivity contribution in [1.82, 2.24) is 4.57 Å². The van der Waals surface area contributed by atoms with Crippen LogP contribution in [0.4, 0.5) is 0 Å². The lowest BCUT2D eigenvalue weighted by Gasteiger charge is -2.12. The van der Waals surface area contributed by atoms with E-state index in [0.29, 0.717) is 31.2 Å². The van der Waals surface area contributed by atoms with Crippen LogP contribution in [-0.2, 0) is 20.8 Å². The minimum Gasteiger partial charge on any atom is -0.494 e. The van der Waals surface area contributed by atoms with Gasteiger partial charge in [-0.05, 0) is 25.1 Å². The van der Waals surface area contributed by atoms with Gasteiger partial charge in [0.15, 0.2) is 4.80 Å².